The normalized spacial score (nSPS) is 9.96. The molecule has 3 heterocycles. The van der Waals surface area contributed by atoms with Gasteiger partial charge in [0.25, 0.3) is 0 Å². The molecule has 4 aromatic rings. The summed E-state index contributed by atoms with van der Waals surface area (Å²) in [6.45, 7) is 1.53. The van der Waals surface area contributed by atoms with E-state index in [-0.39, 0.29) is 57.2 Å². The van der Waals surface area contributed by atoms with Gasteiger partial charge in [-0.05, 0) is 42.8 Å². The van der Waals surface area contributed by atoms with Crippen molar-refractivity contribution >= 4 is 28.0 Å². The van der Waals surface area contributed by atoms with Crippen molar-refractivity contribution in [1.29, 1.82) is 0 Å². The van der Waals surface area contributed by atoms with E-state index < -0.39 is 6.47 Å². The molecule has 0 bridgehead atoms. The van der Waals surface area contributed by atoms with Gasteiger partial charge < -0.3 is 14.3 Å². The van der Waals surface area contributed by atoms with Gasteiger partial charge in [-0.2, -0.15) is 0 Å². The minimum absolute atomic E-state index is 0. The van der Waals surface area contributed by atoms with Crippen molar-refractivity contribution in [2.24, 2.45) is 0 Å². The first-order valence-electron chi connectivity index (χ1n) is 7.94. The standard InChI is InChI=1S/C19H13BrFN3.CH2O2.K/c1-12-7-16(13-3-2-6-22-9-13)19-23-18(11-24(19)10-12)15-5-4-14(20)8-17(15)21;2-1-3;/h2-11H,1H3;1H,(H,2,3);/q;;+1/p-1. The molecule has 0 radical (unpaired) electrons. The van der Waals surface area contributed by atoms with Crippen LogP contribution in [-0.2, 0) is 4.79 Å². The smallest absolute Gasteiger partial charge is 0.554 e. The van der Waals surface area contributed by atoms with E-state index in [2.05, 4.69) is 32.0 Å². The summed E-state index contributed by atoms with van der Waals surface area (Å²) in [4.78, 5) is 17.1. The molecule has 4 rings (SSSR count). The number of fused-ring (bicyclic) bond motifs is 1. The van der Waals surface area contributed by atoms with Crippen LogP contribution >= 0.6 is 15.9 Å². The molecule has 3 aromatic heterocycles. The minimum Gasteiger partial charge on any atom is -0.554 e. The van der Waals surface area contributed by atoms with Crippen molar-refractivity contribution in [3.63, 3.8) is 0 Å². The summed E-state index contributed by atoms with van der Waals surface area (Å²) in [6.07, 6.45) is 7.39. The summed E-state index contributed by atoms with van der Waals surface area (Å²) >= 11 is 3.28. The van der Waals surface area contributed by atoms with Crippen LogP contribution in [-0.4, -0.2) is 20.8 Å². The van der Waals surface area contributed by atoms with E-state index >= 15 is 0 Å². The number of carboxylic acid groups (broad SMARTS) is 1. The van der Waals surface area contributed by atoms with Gasteiger partial charge in [0, 0.05) is 52.4 Å². The van der Waals surface area contributed by atoms with E-state index in [1.807, 2.05) is 48.1 Å². The van der Waals surface area contributed by atoms with E-state index in [9.17, 15) is 4.39 Å². The Morgan fingerprint density at radius 3 is 2.57 bits per heavy atom. The van der Waals surface area contributed by atoms with Gasteiger partial charge in [0.15, 0.2) is 0 Å². The van der Waals surface area contributed by atoms with Crippen molar-refractivity contribution in [2.75, 3.05) is 0 Å². The van der Waals surface area contributed by atoms with Gasteiger partial charge in [0.05, 0.1) is 5.69 Å². The first-order chi connectivity index (χ1) is 13.0. The number of halogens is 2. The zero-order valence-corrected chi connectivity index (χ0v) is 20.0. The quantitative estimate of drug-likeness (QED) is 0.321. The number of carbonyl (C=O) groups is 1. The number of aryl methyl sites for hydroxylation is 1. The van der Waals surface area contributed by atoms with Crippen molar-refractivity contribution in [3.05, 3.63) is 77.0 Å². The van der Waals surface area contributed by atoms with Crippen LogP contribution in [0, 0.1) is 12.7 Å². The number of hydrogen-bond acceptors (Lipinski definition) is 4. The zero-order valence-electron chi connectivity index (χ0n) is 15.3. The molecule has 28 heavy (non-hydrogen) atoms. The first-order valence-corrected chi connectivity index (χ1v) is 8.73. The average molecular weight is 466 g/mol. The van der Waals surface area contributed by atoms with E-state index in [1.54, 1.807) is 12.3 Å². The second kappa shape index (κ2) is 10.4. The molecule has 0 unspecified atom stereocenters. The van der Waals surface area contributed by atoms with Gasteiger partial charge in [-0.3, -0.25) is 4.98 Å². The summed E-state index contributed by atoms with van der Waals surface area (Å²) in [5.74, 6) is -0.299. The first kappa shape index (κ1) is 22.9. The molecule has 1 aromatic carbocycles. The third-order valence-corrected chi connectivity index (χ3v) is 4.36. The molecule has 0 aliphatic heterocycles. The van der Waals surface area contributed by atoms with Crippen LogP contribution in [0.1, 0.15) is 5.56 Å². The second-order valence-corrected chi connectivity index (χ2v) is 6.67. The molecule has 0 fully saturated rings. The van der Waals surface area contributed by atoms with Crippen molar-refractivity contribution in [3.8, 4) is 22.4 Å². The second-order valence-electron chi connectivity index (χ2n) is 5.75. The Labute approximate surface area is 212 Å². The molecule has 0 spiro atoms. The molecular weight excluding hydrogens is 452 g/mol. The number of pyridine rings is 2. The fourth-order valence-corrected chi connectivity index (χ4v) is 3.13. The van der Waals surface area contributed by atoms with E-state index in [0.717, 1.165) is 22.3 Å². The summed E-state index contributed by atoms with van der Waals surface area (Å²) in [7, 11) is 0. The Hall–Kier alpha value is -1.42. The van der Waals surface area contributed by atoms with E-state index in [4.69, 9.17) is 9.90 Å². The Morgan fingerprint density at radius 1 is 1.18 bits per heavy atom. The maximum Gasteiger partial charge on any atom is 1.00 e. The average Bonchev–Trinajstić information content (AvgIpc) is 3.06. The SMILES string of the molecule is Cc1cc(-c2cccnc2)c2nc(-c3ccc(Br)cc3F)cn2c1.O=C[O-].[K+]. The molecule has 0 atom stereocenters. The maximum absolute atomic E-state index is 14.3. The van der Waals surface area contributed by atoms with Gasteiger partial charge in [0.1, 0.15) is 11.5 Å². The topological polar surface area (TPSA) is 70.3 Å². The molecule has 0 aliphatic rings. The van der Waals surface area contributed by atoms with Crippen LogP contribution in [0.2, 0.25) is 0 Å². The Balaban J connectivity index is 0.000000660. The predicted molar refractivity (Wildman–Crippen MR) is 102 cm³/mol. The Kier molecular flexibility index (Phi) is 8.48. The van der Waals surface area contributed by atoms with Crippen molar-refractivity contribution in [2.45, 2.75) is 6.92 Å². The number of imidazole rings is 1. The molecule has 0 N–H and O–H groups in total. The number of hydrogen-bond donors (Lipinski definition) is 0. The van der Waals surface area contributed by atoms with E-state index in [0.29, 0.717) is 15.7 Å². The number of benzene rings is 1. The van der Waals surface area contributed by atoms with Crippen LogP contribution in [0.3, 0.4) is 0 Å². The van der Waals surface area contributed by atoms with Crippen LogP contribution in [0.25, 0.3) is 28.0 Å². The van der Waals surface area contributed by atoms with Gasteiger partial charge >= 0.3 is 51.4 Å². The third-order valence-electron chi connectivity index (χ3n) is 3.87. The Bertz CT molecular complexity index is 1100. The van der Waals surface area contributed by atoms with Crippen LogP contribution in [0.15, 0.2) is 65.7 Å². The molecule has 0 saturated heterocycles. The summed E-state index contributed by atoms with van der Waals surface area (Å²) in [6, 6.07) is 11.0. The molecular formula is C20H14BrFKN3O2. The van der Waals surface area contributed by atoms with Crippen LogP contribution in [0.4, 0.5) is 4.39 Å². The number of aromatic nitrogens is 3. The minimum atomic E-state index is -0.500. The third kappa shape index (κ3) is 5.14. The molecule has 0 saturated carbocycles. The monoisotopic (exact) mass is 465 g/mol. The molecule has 5 nitrogen and oxygen atoms in total. The van der Waals surface area contributed by atoms with Gasteiger partial charge in [-0.1, -0.05) is 22.0 Å². The van der Waals surface area contributed by atoms with Gasteiger partial charge in [0.2, 0.25) is 0 Å². The molecule has 0 aliphatic carbocycles. The zero-order chi connectivity index (χ0) is 19.4. The number of carbonyl (C=O) groups excluding carboxylic acids is 1. The largest absolute Gasteiger partial charge is 1.00 e. The van der Waals surface area contributed by atoms with Gasteiger partial charge in [-0.25, -0.2) is 9.37 Å². The number of nitrogens with zero attached hydrogens (tertiary/aromatic N) is 3. The summed E-state index contributed by atoms with van der Waals surface area (Å²) in [5, 5.41) is 8.25. The fourth-order valence-electron chi connectivity index (χ4n) is 2.80. The van der Waals surface area contributed by atoms with Crippen molar-refractivity contribution < 1.29 is 65.7 Å². The summed E-state index contributed by atoms with van der Waals surface area (Å²) in [5.41, 5.74) is 4.94. The van der Waals surface area contributed by atoms with Crippen molar-refractivity contribution in [1.82, 2.24) is 14.4 Å². The maximum atomic E-state index is 14.3. The number of rotatable bonds is 2. The summed E-state index contributed by atoms with van der Waals surface area (Å²) < 4.78 is 16.9. The van der Waals surface area contributed by atoms with E-state index in [1.165, 1.54) is 6.07 Å². The predicted octanol–water partition coefficient (Wildman–Crippen LogP) is 0.643. The Morgan fingerprint density at radius 2 is 1.93 bits per heavy atom. The fraction of sp³-hybridized carbons (Fsp3) is 0.0500. The molecule has 8 heteroatoms. The van der Waals surface area contributed by atoms with Crippen LogP contribution in [0.5, 0.6) is 0 Å². The van der Waals surface area contributed by atoms with Gasteiger partial charge in [-0.15, -0.1) is 0 Å². The van der Waals surface area contributed by atoms with Crippen LogP contribution < -0.4 is 56.5 Å². The molecule has 136 valence electrons. The molecule has 0 amide bonds.